The maximum absolute atomic E-state index is 13.1. The number of nitrogens with zero attached hydrogens (tertiary/aromatic N) is 8. The standard InChI is InChI=1S/C46H55N11O8/c1-4-19-56-44(62)33-28-48-45(52-41(33)57(56)38-10-6-9-37(50-38)46(2,3)63)49-30-11-13-31(14-12-30)53-20-22-54(23-21-53)40(59)17-24-64-26-27-65-25-18-47-35-8-5-7-32-34(35)29-55(43(32)61)36-15-16-39(58)51-42(36)60/h4-14,28,36,44,47,62-63H,1,15-27,29H2,2-3H3,(H,48,49,52)(H,51,58,60). The normalized spacial score (nSPS) is 18.7. The van der Waals surface area contributed by atoms with Gasteiger partial charge in [0.1, 0.15) is 17.5 Å². The van der Waals surface area contributed by atoms with Crippen molar-refractivity contribution in [3.8, 4) is 0 Å². The molecule has 4 aliphatic rings. The van der Waals surface area contributed by atoms with E-state index in [-0.39, 0.29) is 30.6 Å². The van der Waals surface area contributed by atoms with Gasteiger partial charge in [-0.1, -0.05) is 18.2 Å². The Morgan fingerprint density at radius 3 is 2.46 bits per heavy atom. The molecule has 0 aliphatic carbocycles. The molecular weight excluding hydrogens is 835 g/mol. The molecule has 5 N–H and O–H groups in total. The van der Waals surface area contributed by atoms with Gasteiger partial charge in [-0.05, 0) is 68.8 Å². The molecular formula is C46H55N11O8. The highest BCUT2D eigenvalue weighted by Gasteiger charge is 2.41. The average Bonchev–Trinajstić information content (AvgIpc) is 3.78. The summed E-state index contributed by atoms with van der Waals surface area (Å²) in [6, 6.07) is 18.1. The van der Waals surface area contributed by atoms with E-state index in [4.69, 9.17) is 14.5 Å². The number of carbonyl (C=O) groups excluding carboxylic acids is 4. The Hall–Kier alpha value is -6.51. The molecule has 8 rings (SSSR count). The van der Waals surface area contributed by atoms with Crippen molar-refractivity contribution in [2.75, 3.05) is 86.2 Å². The summed E-state index contributed by atoms with van der Waals surface area (Å²) >= 11 is 0. The molecule has 0 radical (unpaired) electrons. The zero-order valence-corrected chi connectivity index (χ0v) is 36.6. The first kappa shape index (κ1) is 45.1. The van der Waals surface area contributed by atoms with Gasteiger partial charge in [-0.2, -0.15) is 9.99 Å². The van der Waals surface area contributed by atoms with Crippen LogP contribution in [0.2, 0.25) is 0 Å². The number of hydrogen-bond donors (Lipinski definition) is 5. The molecule has 4 amide bonds. The van der Waals surface area contributed by atoms with Crippen molar-refractivity contribution in [1.29, 1.82) is 0 Å². The quantitative estimate of drug-likeness (QED) is 0.0550. The number of aliphatic hydroxyl groups excluding tert-OH is 1. The number of benzene rings is 2. The highest BCUT2D eigenvalue weighted by atomic mass is 16.5. The number of imide groups is 1. The van der Waals surface area contributed by atoms with Crippen molar-refractivity contribution in [2.24, 2.45) is 0 Å². The van der Waals surface area contributed by atoms with Gasteiger partial charge in [-0.3, -0.25) is 24.5 Å². The van der Waals surface area contributed by atoms with Gasteiger partial charge in [0.25, 0.3) is 5.91 Å². The molecule has 2 atom stereocenters. The number of piperidine rings is 1. The number of nitrogens with one attached hydrogen (secondary N) is 3. The number of piperazine rings is 1. The molecule has 19 nitrogen and oxygen atoms in total. The van der Waals surface area contributed by atoms with Crippen LogP contribution in [-0.4, -0.2) is 135 Å². The Kier molecular flexibility index (Phi) is 13.7. The minimum atomic E-state index is -1.17. The molecule has 0 spiro atoms. The lowest BCUT2D eigenvalue weighted by Crippen LogP contribution is -2.52. The molecule has 2 aromatic carbocycles. The Balaban J connectivity index is 0.735. The van der Waals surface area contributed by atoms with Crippen LogP contribution < -0.4 is 25.9 Å². The number of hydrazine groups is 1. The Morgan fingerprint density at radius 1 is 0.969 bits per heavy atom. The SMILES string of the molecule is C=CCN1C(O)c2cnc(Nc3ccc(N4CCN(C(=O)CCOCCOCCNc5cccc6c5CN(C5CCC(=O)NC5=O)C6=O)CC4)cc3)nc2N1c1cccc(C(C)(C)O)n1. The smallest absolute Gasteiger partial charge is 0.255 e. The highest BCUT2D eigenvalue weighted by molar-refractivity contribution is 6.06. The van der Waals surface area contributed by atoms with E-state index >= 15 is 0 Å². The summed E-state index contributed by atoms with van der Waals surface area (Å²) in [6.07, 6.45) is 3.06. The van der Waals surface area contributed by atoms with E-state index in [1.807, 2.05) is 35.2 Å². The fourth-order valence-electron chi connectivity index (χ4n) is 8.37. The van der Waals surface area contributed by atoms with Crippen molar-refractivity contribution in [1.82, 2.24) is 35.1 Å². The van der Waals surface area contributed by atoms with Crippen LogP contribution >= 0.6 is 0 Å². The summed E-state index contributed by atoms with van der Waals surface area (Å²) in [5.41, 5.74) is 3.80. The van der Waals surface area contributed by atoms with Gasteiger partial charge >= 0.3 is 0 Å². The summed E-state index contributed by atoms with van der Waals surface area (Å²) < 4.78 is 11.4. The van der Waals surface area contributed by atoms with E-state index in [9.17, 15) is 29.4 Å². The number of pyridine rings is 1. The van der Waals surface area contributed by atoms with Crippen LogP contribution in [0.1, 0.15) is 66.5 Å². The van der Waals surface area contributed by atoms with Crippen LogP contribution in [0.3, 0.4) is 0 Å². The highest BCUT2D eigenvalue weighted by Crippen LogP contribution is 2.42. The first-order valence-corrected chi connectivity index (χ1v) is 21.9. The van der Waals surface area contributed by atoms with Crippen LogP contribution in [0.5, 0.6) is 0 Å². The number of anilines is 6. The molecule has 4 aromatic rings. The first-order valence-electron chi connectivity index (χ1n) is 21.9. The molecule has 2 aromatic heterocycles. The van der Waals surface area contributed by atoms with Gasteiger partial charge in [0.15, 0.2) is 12.0 Å². The van der Waals surface area contributed by atoms with Gasteiger partial charge in [0.05, 0.1) is 44.1 Å². The molecule has 2 saturated heterocycles. The summed E-state index contributed by atoms with van der Waals surface area (Å²) in [5.74, 6) is 0.356. The first-order chi connectivity index (χ1) is 31.4. The van der Waals surface area contributed by atoms with Gasteiger partial charge in [0, 0.05) is 86.6 Å². The second-order valence-electron chi connectivity index (χ2n) is 16.7. The van der Waals surface area contributed by atoms with E-state index in [1.54, 1.807) is 66.5 Å². The number of amides is 4. The van der Waals surface area contributed by atoms with Crippen molar-refractivity contribution < 1.29 is 38.9 Å². The van der Waals surface area contributed by atoms with E-state index in [2.05, 4.69) is 37.4 Å². The lowest BCUT2D eigenvalue weighted by molar-refractivity contribution is -0.137. The maximum atomic E-state index is 13.1. The summed E-state index contributed by atoms with van der Waals surface area (Å²) in [6.45, 7) is 12.3. The van der Waals surface area contributed by atoms with Gasteiger partial charge < -0.3 is 45.0 Å². The summed E-state index contributed by atoms with van der Waals surface area (Å²) in [7, 11) is 0. The number of aromatic nitrogens is 3. The molecule has 342 valence electrons. The number of rotatable bonds is 18. The molecule has 4 aliphatic heterocycles. The largest absolute Gasteiger partial charge is 0.384 e. The molecule has 0 saturated carbocycles. The molecule has 0 bridgehead atoms. The lowest BCUT2D eigenvalue weighted by Gasteiger charge is -2.36. The monoisotopic (exact) mass is 889 g/mol. The zero-order chi connectivity index (χ0) is 45.7. The van der Waals surface area contributed by atoms with Crippen molar-refractivity contribution >= 4 is 58.3 Å². The second kappa shape index (κ2) is 19.7. The zero-order valence-electron chi connectivity index (χ0n) is 36.6. The van der Waals surface area contributed by atoms with Gasteiger partial charge in [-0.15, -0.1) is 6.58 Å². The van der Waals surface area contributed by atoms with Crippen LogP contribution in [0.4, 0.5) is 34.6 Å². The predicted octanol–water partition coefficient (Wildman–Crippen LogP) is 3.33. The van der Waals surface area contributed by atoms with Crippen LogP contribution in [0.25, 0.3) is 0 Å². The van der Waals surface area contributed by atoms with Gasteiger partial charge in [0.2, 0.25) is 23.7 Å². The number of aliphatic hydroxyl groups is 2. The molecule has 65 heavy (non-hydrogen) atoms. The third-order valence-electron chi connectivity index (χ3n) is 11.8. The topological polar surface area (TPSA) is 218 Å². The number of fused-ring (bicyclic) bond motifs is 2. The second-order valence-corrected chi connectivity index (χ2v) is 16.7. The van der Waals surface area contributed by atoms with Crippen LogP contribution in [0, 0.1) is 0 Å². The van der Waals surface area contributed by atoms with Crippen molar-refractivity contribution in [3.05, 3.63) is 102 Å². The fourth-order valence-corrected chi connectivity index (χ4v) is 8.37. The van der Waals surface area contributed by atoms with E-state index in [1.165, 1.54) is 4.90 Å². The molecule has 6 heterocycles. The molecule has 19 heteroatoms. The summed E-state index contributed by atoms with van der Waals surface area (Å²) in [4.78, 5) is 69.6. The third kappa shape index (κ3) is 10.1. The molecule has 2 unspecified atom stereocenters. The average molecular weight is 890 g/mol. The third-order valence-corrected chi connectivity index (χ3v) is 11.8. The minimum absolute atomic E-state index is 0.0492. The van der Waals surface area contributed by atoms with E-state index in [0.29, 0.717) is 113 Å². The van der Waals surface area contributed by atoms with E-state index in [0.717, 1.165) is 22.6 Å². The van der Waals surface area contributed by atoms with Crippen molar-refractivity contribution in [2.45, 2.75) is 57.5 Å². The van der Waals surface area contributed by atoms with Crippen molar-refractivity contribution in [3.63, 3.8) is 0 Å². The Morgan fingerprint density at radius 2 is 1.72 bits per heavy atom. The number of ether oxygens (including phenoxy) is 2. The lowest BCUT2D eigenvalue weighted by atomic mass is 10.0. The summed E-state index contributed by atoms with van der Waals surface area (Å²) in [5, 5.41) is 34.1. The van der Waals surface area contributed by atoms with Crippen LogP contribution in [0.15, 0.2) is 79.5 Å². The number of carbonyl (C=O) groups is 4. The van der Waals surface area contributed by atoms with Crippen LogP contribution in [-0.2, 0) is 36.0 Å². The minimum Gasteiger partial charge on any atom is -0.384 e. The van der Waals surface area contributed by atoms with E-state index < -0.39 is 23.8 Å². The fraction of sp³-hybridized carbons (Fsp3) is 0.413. The molecule has 2 fully saturated rings. The number of hydrogen-bond acceptors (Lipinski definition) is 16. The Bertz CT molecular complexity index is 2400. The maximum Gasteiger partial charge on any atom is 0.255 e. The predicted molar refractivity (Wildman–Crippen MR) is 241 cm³/mol. The Labute approximate surface area is 377 Å². The van der Waals surface area contributed by atoms with Gasteiger partial charge in [-0.25, -0.2) is 15.0 Å².